The van der Waals surface area contributed by atoms with Crippen LogP contribution in [-0.2, 0) is 9.53 Å². The van der Waals surface area contributed by atoms with Crippen LogP contribution in [0, 0.1) is 11.8 Å². The molecule has 2 aliphatic rings. The predicted molar refractivity (Wildman–Crippen MR) is 82.6 cm³/mol. The maximum Gasteiger partial charge on any atom is 0.293 e. The van der Waals surface area contributed by atoms with Crippen LogP contribution < -0.4 is 0 Å². The van der Waals surface area contributed by atoms with Gasteiger partial charge < -0.3 is 4.74 Å². The molecule has 2 atom stereocenters. The summed E-state index contributed by atoms with van der Waals surface area (Å²) in [6, 6.07) is 0. The molecule has 0 saturated heterocycles. The average Bonchev–Trinajstić information content (AvgIpc) is 2.50. The summed E-state index contributed by atoms with van der Waals surface area (Å²) < 4.78 is 5.87. The first-order valence-corrected chi connectivity index (χ1v) is 8.95. The van der Waals surface area contributed by atoms with Crippen molar-refractivity contribution in [1.29, 1.82) is 0 Å². The Hall–Kier alpha value is -0.530. The summed E-state index contributed by atoms with van der Waals surface area (Å²) >= 11 is 0. The molecule has 2 fully saturated rings. The van der Waals surface area contributed by atoms with E-state index in [0.717, 1.165) is 12.9 Å². The van der Waals surface area contributed by atoms with Gasteiger partial charge in [0, 0.05) is 0 Å². The van der Waals surface area contributed by atoms with Crippen molar-refractivity contribution >= 4 is 6.47 Å². The SMILES string of the molecule is CCCCCC1CCCCC1(OC=O)C1CCCCC1. The molecule has 2 unspecified atom stereocenters. The zero-order valence-corrected chi connectivity index (χ0v) is 13.2. The van der Waals surface area contributed by atoms with E-state index in [1.807, 2.05) is 0 Å². The van der Waals surface area contributed by atoms with E-state index in [9.17, 15) is 4.79 Å². The molecule has 0 aromatic carbocycles. The zero-order valence-electron chi connectivity index (χ0n) is 13.2. The highest BCUT2D eigenvalue weighted by Gasteiger charge is 2.48. The van der Waals surface area contributed by atoms with Crippen molar-refractivity contribution in [2.45, 2.75) is 96.0 Å². The van der Waals surface area contributed by atoms with Gasteiger partial charge in [-0.3, -0.25) is 4.79 Å². The summed E-state index contributed by atoms with van der Waals surface area (Å²) in [5, 5.41) is 0. The van der Waals surface area contributed by atoms with Gasteiger partial charge in [-0.05, 0) is 50.4 Å². The van der Waals surface area contributed by atoms with E-state index in [0.29, 0.717) is 11.8 Å². The lowest BCUT2D eigenvalue weighted by Gasteiger charge is -2.49. The topological polar surface area (TPSA) is 26.3 Å². The van der Waals surface area contributed by atoms with E-state index in [4.69, 9.17) is 4.74 Å². The minimum atomic E-state index is -0.103. The lowest BCUT2D eigenvalue weighted by atomic mass is 9.63. The van der Waals surface area contributed by atoms with Crippen molar-refractivity contribution in [3.8, 4) is 0 Å². The van der Waals surface area contributed by atoms with Crippen molar-refractivity contribution in [2.75, 3.05) is 0 Å². The fourth-order valence-corrected chi connectivity index (χ4v) is 4.74. The maximum atomic E-state index is 11.2. The molecule has 0 aliphatic heterocycles. The molecule has 0 N–H and O–H groups in total. The minimum absolute atomic E-state index is 0.103. The third-order valence-electron chi connectivity index (χ3n) is 5.78. The predicted octanol–water partition coefficient (Wildman–Crippen LogP) is 5.25. The third kappa shape index (κ3) is 3.56. The van der Waals surface area contributed by atoms with Crippen LogP contribution >= 0.6 is 0 Å². The zero-order chi connectivity index (χ0) is 14.3. The Morgan fingerprint density at radius 3 is 2.50 bits per heavy atom. The molecule has 2 heteroatoms. The highest BCUT2D eigenvalue weighted by molar-refractivity contribution is 5.39. The fourth-order valence-electron chi connectivity index (χ4n) is 4.74. The number of unbranched alkanes of at least 4 members (excludes halogenated alkanes) is 2. The first-order chi connectivity index (χ1) is 9.83. The number of rotatable bonds is 7. The normalized spacial score (nSPS) is 31.9. The number of ether oxygens (including phenoxy) is 1. The second kappa shape index (κ2) is 8.05. The summed E-state index contributed by atoms with van der Waals surface area (Å²) in [4.78, 5) is 11.2. The number of carbonyl (C=O) groups excluding carboxylic acids is 1. The van der Waals surface area contributed by atoms with Gasteiger partial charge in [0.15, 0.2) is 0 Å². The van der Waals surface area contributed by atoms with E-state index in [1.54, 1.807) is 0 Å². The van der Waals surface area contributed by atoms with Crippen LogP contribution in [0.25, 0.3) is 0 Å². The Morgan fingerprint density at radius 2 is 1.80 bits per heavy atom. The van der Waals surface area contributed by atoms with Crippen molar-refractivity contribution in [1.82, 2.24) is 0 Å². The highest BCUT2D eigenvalue weighted by atomic mass is 16.5. The molecule has 0 aromatic heterocycles. The third-order valence-corrected chi connectivity index (χ3v) is 5.78. The molecular formula is C18H32O2. The first kappa shape index (κ1) is 15.9. The van der Waals surface area contributed by atoms with Gasteiger partial charge in [-0.2, -0.15) is 0 Å². The number of carbonyl (C=O) groups is 1. The smallest absolute Gasteiger partial charge is 0.293 e. The molecule has 0 amide bonds. The lowest BCUT2D eigenvalue weighted by Crippen LogP contribution is -2.50. The molecule has 0 radical (unpaired) electrons. The summed E-state index contributed by atoms with van der Waals surface area (Å²) in [5.74, 6) is 1.25. The molecule has 2 rings (SSSR count). The van der Waals surface area contributed by atoms with Gasteiger partial charge in [0.2, 0.25) is 0 Å². The van der Waals surface area contributed by atoms with Gasteiger partial charge in [-0.25, -0.2) is 0 Å². The lowest BCUT2D eigenvalue weighted by molar-refractivity contribution is -0.170. The Morgan fingerprint density at radius 1 is 1.05 bits per heavy atom. The van der Waals surface area contributed by atoms with Gasteiger partial charge in [-0.1, -0.05) is 51.9 Å². The molecule has 0 aromatic rings. The molecule has 2 nitrogen and oxygen atoms in total. The molecule has 116 valence electrons. The molecule has 2 saturated carbocycles. The maximum absolute atomic E-state index is 11.2. The minimum Gasteiger partial charge on any atom is -0.461 e. The van der Waals surface area contributed by atoms with Crippen molar-refractivity contribution in [3.05, 3.63) is 0 Å². The Labute approximate surface area is 124 Å². The van der Waals surface area contributed by atoms with Gasteiger partial charge in [-0.15, -0.1) is 0 Å². The first-order valence-electron chi connectivity index (χ1n) is 8.95. The van der Waals surface area contributed by atoms with Crippen LogP contribution in [0.5, 0.6) is 0 Å². The molecular weight excluding hydrogens is 248 g/mol. The van der Waals surface area contributed by atoms with Gasteiger partial charge in [0.1, 0.15) is 5.60 Å². The van der Waals surface area contributed by atoms with E-state index >= 15 is 0 Å². The van der Waals surface area contributed by atoms with E-state index < -0.39 is 0 Å². The van der Waals surface area contributed by atoms with Gasteiger partial charge in [0.25, 0.3) is 6.47 Å². The Balaban J connectivity index is 2.09. The van der Waals surface area contributed by atoms with E-state index in [2.05, 4.69) is 6.92 Å². The molecule has 0 bridgehead atoms. The van der Waals surface area contributed by atoms with Crippen molar-refractivity contribution in [3.63, 3.8) is 0 Å². The second-order valence-corrected chi connectivity index (χ2v) is 6.94. The van der Waals surface area contributed by atoms with E-state index in [-0.39, 0.29) is 5.60 Å². The van der Waals surface area contributed by atoms with Crippen LogP contribution in [-0.4, -0.2) is 12.1 Å². The molecule has 0 heterocycles. The van der Waals surface area contributed by atoms with Crippen molar-refractivity contribution < 1.29 is 9.53 Å². The monoisotopic (exact) mass is 280 g/mol. The summed E-state index contributed by atoms with van der Waals surface area (Å²) in [6.45, 7) is 3.02. The number of hydrogen-bond donors (Lipinski definition) is 0. The Kier molecular flexibility index (Phi) is 6.38. The van der Waals surface area contributed by atoms with E-state index in [1.165, 1.54) is 77.0 Å². The molecule has 0 spiro atoms. The van der Waals surface area contributed by atoms with Crippen LogP contribution in [0.4, 0.5) is 0 Å². The van der Waals surface area contributed by atoms with Crippen LogP contribution in [0.2, 0.25) is 0 Å². The quantitative estimate of drug-likeness (QED) is 0.470. The van der Waals surface area contributed by atoms with Crippen LogP contribution in [0.1, 0.15) is 90.4 Å². The average molecular weight is 280 g/mol. The standard InChI is InChI=1S/C18H32O2/c1-2-3-5-10-16-13-8-9-14-18(16,20-15-19)17-11-6-4-7-12-17/h15-17H,2-14H2,1H3. The molecule has 2 aliphatic carbocycles. The summed E-state index contributed by atoms with van der Waals surface area (Å²) in [6.07, 6.45) is 16.7. The van der Waals surface area contributed by atoms with Crippen LogP contribution in [0.3, 0.4) is 0 Å². The fraction of sp³-hybridized carbons (Fsp3) is 0.944. The largest absolute Gasteiger partial charge is 0.461 e. The van der Waals surface area contributed by atoms with Gasteiger partial charge >= 0.3 is 0 Å². The summed E-state index contributed by atoms with van der Waals surface area (Å²) in [7, 11) is 0. The van der Waals surface area contributed by atoms with Gasteiger partial charge in [0.05, 0.1) is 0 Å². The second-order valence-electron chi connectivity index (χ2n) is 6.94. The van der Waals surface area contributed by atoms with Crippen LogP contribution in [0.15, 0.2) is 0 Å². The highest BCUT2D eigenvalue weighted by Crippen LogP contribution is 2.48. The molecule has 20 heavy (non-hydrogen) atoms. The van der Waals surface area contributed by atoms with Crippen molar-refractivity contribution in [2.24, 2.45) is 11.8 Å². The number of hydrogen-bond acceptors (Lipinski definition) is 2. The Bertz CT molecular complexity index is 283. The summed E-state index contributed by atoms with van der Waals surface area (Å²) in [5.41, 5.74) is -0.103.